The first kappa shape index (κ1) is 22.4. The molecule has 0 aliphatic heterocycles. The van der Waals surface area contributed by atoms with Gasteiger partial charge in [0, 0.05) is 11.9 Å². The van der Waals surface area contributed by atoms with Crippen molar-refractivity contribution in [1.29, 1.82) is 5.26 Å². The van der Waals surface area contributed by atoms with E-state index in [0.29, 0.717) is 28.2 Å². The molecule has 0 saturated heterocycles. The summed E-state index contributed by atoms with van der Waals surface area (Å²) in [7, 11) is 1.86. The molecular formula is C23H25N5O2S2. The van der Waals surface area contributed by atoms with Gasteiger partial charge in [-0.25, -0.2) is 0 Å². The van der Waals surface area contributed by atoms with Gasteiger partial charge in [0.05, 0.1) is 11.3 Å². The van der Waals surface area contributed by atoms with Crippen LogP contribution in [0.15, 0.2) is 35.5 Å². The number of thioether (sulfide) groups is 1. The molecule has 3 aromatic rings. The average molecular weight is 468 g/mol. The number of fused-ring (bicyclic) bond motifs is 1. The van der Waals surface area contributed by atoms with Crippen LogP contribution in [0.5, 0.6) is 5.75 Å². The predicted octanol–water partition coefficient (Wildman–Crippen LogP) is 4.72. The highest BCUT2D eigenvalue weighted by Crippen LogP contribution is 2.36. The number of ether oxygens (including phenoxy) is 1. The van der Waals surface area contributed by atoms with Crippen LogP contribution in [0.4, 0.5) is 5.00 Å². The number of nitriles is 1. The summed E-state index contributed by atoms with van der Waals surface area (Å²) in [4.78, 5) is 13.9. The lowest BCUT2D eigenvalue weighted by Gasteiger charge is -2.08. The third-order valence-corrected chi connectivity index (χ3v) is 7.63. The zero-order chi connectivity index (χ0) is 22.3. The number of benzene rings is 1. The second kappa shape index (κ2) is 10.7. The highest BCUT2D eigenvalue weighted by Gasteiger charge is 2.21. The first-order valence-electron chi connectivity index (χ1n) is 10.7. The maximum Gasteiger partial charge on any atom is 0.235 e. The molecule has 1 N–H and O–H groups in total. The summed E-state index contributed by atoms with van der Waals surface area (Å²) in [5, 5.41) is 22.3. The molecule has 1 aliphatic carbocycles. The molecule has 4 rings (SSSR count). The first-order chi connectivity index (χ1) is 15.7. The Morgan fingerprint density at radius 3 is 2.78 bits per heavy atom. The van der Waals surface area contributed by atoms with Gasteiger partial charge in [-0.3, -0.25) is 4.79 Å². The van der Waals surface area contributed by atoms with E-state index in [0.717, 1.165) is 37.0 Å². The van der Waals surface area contributed by atoms with E-state index in [9.17, 15) is 10.1 Å². The van der Waals surface area contributed by atoms with Gasteiger partial charge in [0.15, 0.2) is 11.0 Å². The van der Waals surface area contributed by atoms with Gasteiger partial charge >= 0.3 is 0 Å². The number of hydrogen-bond donors (Lipinski definition) is 1. The van der Waals surface area contributed by atoms with E-state index in [1.165, 1.54) is 29.5 Å². The Bertz CT molecular complexity index is 1120. The molecule has 2 aromatic heterocycles. The lowest BCUT2D eigenvalue weighted by molar-refractivity contribution is -0.113. The number of carbonyl (C=O) groups excluding carboxylic acids is 1. The number of aryl methyl sites for hydroxylation is 1. The van der Waals surface area contributed by atoms with Crippen molar-refractivity contribution in [1.82, 2.24) is 14.8 Å². The quantitative estimate of drug-likeness (QED) is 0.506. The zero-order valence-corrected chi connectivity index (χ0v) is 19.6. The van der Waals surface area contributed by atoms with Gasteiger partial charge in [0.25, 0.3) is 0 Å². The summed E-state index contributed by atoms with van der Waals surface area (Å²) < 4.78 is 7.56. The Kier molecular flexibility index (Phi) is 7.45. The fraction of sp³-hybridized carbons (Fsp3) is 0.391. The summed E-state index contributed by atoms with van der Waals surface area (Å²) in [6.07, 6.45) is 6.59. The van der Waals surface area contributed by atoms with Crippen LogP contribution in [0.2, 0.25) is 0 Å². The average Bonchev–Trinajstić information content (AvgIpc) is 3.30. The number of aromatic nitrogens is 3. The Balaban J connectivity index is 1.35. The van der Waals surface area contributed by atoms with Crippen molar-refractivity contribution >= 4 is 34.0 Å². The standard InChI is InChI=1S/C23H25N5O2S2/c1-28-20(14-30-16-9-5-4-6-10-16)26-27-23(28)31-15-21(29)25-22-18(13-24)17-11-7-2-3-8-12-19(17)32-22/h4-6,9-10H,2-3,7-8,11-12,14-15H2,1H3,(H,25,29). The van der Waals surface area contributed by atoms with E-state index in [-0.39, 0.29) is 11.7 Å². The SMILES string of the molecule is Cn1c(COc2ccccc2)nnc1SCC(=O)Nc1sc2c(c1C#N)CCCCCC2. The second-order valence-electron chi connectivity index (χ2n) is 7.63. The minimum atomic E-state index is -0.147. The Hall–Kier alpha value is -2.83. The van der Waals surface area contributed by atoms with Crippen molar-refractivity contribution in [3.8, 4) is 11.8 Å². The molecular weight excluding hydrogens is 442 g/mol. The lowest BCUT2D eigenvalue weighted by atomic mass is 9.97. The van der Waals surface area contributed by atoms with Gasteiger partial charge in [-0.15, -0.1) is 21.5 Å². The van der Waals surface area contributed by atoms with Crippen LogP contribution >= 0.6 is 23.1 Å². The van der Waals surface area contributed by atoms with E-state index in [4.69, 9.17) is 4.74 Å². The topological polar surface area (TPSA) is 92.8 Å². The van der Waals surface area contributed by atoms with Crippen LogP contribution in [0.25, 0.3) is 0 Å². The molecule has 32 heavy (non-hydrogen) atoms. The van der Waals surface area contributed by atoms with Crippen LogP contribution in [0.1, 0.15) is 47.5 Å². The lowest BCUT2D eigenvalue weighted by Crippen LogP contribution is -2.14. The highest BCUT2D eigenvalue weighted by atomic mass is 32.2. The second-order valence-corrected chi connectivity index (χ2v) is 9.68. The van der Waals surface area contributed by atoms with Crippen molar-refractivity contribution in [2.75, 3.05) is 11.1 Å². The molecule has 7 nitrogen and oxygen atoms in total. The van der Waals surface area contributed by atoms with Crippen molar-refractivity contribution in [2.24, 2.45) is 7.05 Å². The smallest absolute Gasteiger partial charge is 0.235 e. The van der Waals surface area contributed by atoms with E-state index >= 15 is 0 Å². The summed E-state index contributed by atoms with van der Waals surface area (Å²) in [6, 6.07) is 11.9. The van der Waals surface area contributed by atoms with Gasteiger partial charge in [-0.2, -0.15) is 5.26 Å². The number of thiophene rings is 1. The molecule has 0 spiro atoms. The largest absolute Gasteiger partial charge is 0.486 e. The molecule has 0 saturated carbocycles. The molecule has 2 heterocycles. The van der Waals surface area contributed by atoms with Crippen LogP contribution in [-0.2, 0) is 31.3 Å². The molecule has 0 atom stereocenters. The fourth-order valence-corrected chi connectivity index (χ4v) is 5.67. The van der Waals surface area contributed by atoms with Crippen LogP contribution in [0.3, 0.4) is 0 Å². The fourth-order valence-electron chi connectivity index (χ4n) is 3.68. The molecule has 1 amide bonds. The van der Waals surface area contributed by atoms with Crippen molar-refractivity contribution in [3.05, 3.63) is 52.2 Å². The Morgan fingerprint density at radius 2 is 2.00 bits per heavy atom. The Labute approximate surface area is 195 Å². The van der Waals surface area contributed by atoms with Crippen LogP contribution in [-0.4, -0.2) is 26.4 Å². The van der Waals surface area contributed by atoms with Crippen molar-refractivity contribution < 1.29 is 9.53 Å². The predicted molar refractivity (Wildman–Crippen MR) is 126 cm³/mol. The van der Waals surface area contributed by atoms with Gasteiger partial charge < -0.3 is 14.6 Å². The number of amides is 1. The monoisotopic (exact) mass is 467 g/mol. The highest BCUT2D eigenvalue weighted by molar-refractivity contribution is 7.99. The summed E-state index contributed by atoms with van der Waals surface area (Å²) in [5.41, 5.74) is 1.78. The maximum atomic E-state index is 12.6. The summed E-state index contributed by atoms with van der Waals surface area (Å²) in [5.74, 6) is 1.49. The molecule has 9 heteroatoms. The van der Waals surface area contributed by atoms with E-state index in [1.54, 1.807) is 11.3 Å². The number of nitrogens with zero attached hydrogens (tertiary/aromatic N) is 4. The molecule has 166 valence electrons. The molecule has 0 radical (unpaired) electrons. The number of para-hydroxylation sites is 1. The third-order valence-electron chi connectivity index (χ3n) is 5.40. The number of hydrogen-bond acceptors (Lipinski definition) is 7. The normalized spacial score (nSPS) is 13.5. The molecule has 0 bridgehead atoms. The summed E-state index contributed by atoms with van der Waals surface area (Å²) in [6.45, 7) is 0.298. The van der Waals surface area contributed by atoms with E-state index in [1.807, 2.05) is 41.9 Å². The maximum absolute atomic E-state index is 12.6. The number of nitrogens with one attached hydrogen (secondary N) is 1. The molecule has 1 aromatic carbocycles. The van der Waals surface area contributed by atoms with Gasteiger partial charge in [-0.1, -0.05) is 42.8 Å². The van der Waals surface area contributed by atoms with Gasteiger partial charge in [-0.05, 0) is 43.4 Å². The Morgan fingerprint density at radius 1 is 1.22 bits per heavy atom. The van der Waals surface area contributed by atoms with Crippen LogP contribution < -0.4 is 10.1 Å². The minimum Gasteiger partial charge on any atom is -0.486 e. The number of anilines is 1. The first-order valence-corrected chi connectivity index (χ1v) is 12.5. The molecule has 0 unspecified atom stereocenters. The van der Waals surface area contributed by atoms with Gasteiger partial charge in [0.1, 0.15) is 23.4 Å². The molecule has 0 fully saturated rings. The van der Waals surface area contributed by atoms with Crippen molar-refractivity contribution in [3.63, 3.8) is 0 Å². The van der Waals surface area contributed by atoms with Crippen molar-refractivity contribution in [2.45, 2.75) is 50.3 Å². The van der Waals surface area contributed by atoms with E-state index < -0.39 is 0 Å². The van der Waals surface area contributed by atoms with Gasteiger partial charge in [0.2, 0.25) is 5.91 Å². The van der Waals surface area contributed by atoms with Crippen LogP contribution in [0, 0.1) is 11.3 Å². The third kappa shape index (κ3) is 5.31. The minimum absolute atomic E-state index is 0.147. The number of rotatable bonds is 7. The zero-order valence-electron chi connectivity index (χ0n) is 18.0. The van der Waals surface area contributed by atoms with E-state index in [2.05, 4.69) is 21.6 Å². The summed E-state index contributed by atoms with van der Waals surface area (Å²) >= 11 is 2.87. The molecule has 1 aliphatic rings. The number of carbonyl (C=O) groups is 1.